The van der Waals surface area contributed by atoms with E-state index in [1.807, 2.05) is 13.8 Å². The van der Waals surface area contributed by atoms with Crippen molar-refractivity contribution < 1.29 is 12.6 Å². The third-order valence-electron chi connectivity index (χ3n) is 1.21. The minimum atomic E-state index is -3.21. The van der Waals surface area contributed by atoms with Crippen LogP contribution in [0.5, 0.6) is 0 Å². The number of hydrogen-bond acceptors (Lipinski definition) is 3. The Bertz CT molecular complexity index is 158. The lowest BCUT2D eigenvalue weighted by Crippen LogP contribution is -2.10. The summed E-state index contributed by atoms with van der Waals surface area (Å²) in [5.41, 5.74) is 0. The van der Waals surface area contributed by atoms with Gasteiger partial charge in [0, 0.05) is 0 Å². The molecule has 0 atom stereocenters. The molecule has 0 aromatic rings. The van der Waals surface area contributed by atoms with Gasteiger partial charge in [0.05, 0.1) is 12.4 Å². The van der Waals surface area contributed by atoms with E-state index in [4.69, 9.17) is 0 Å². The molecule has 0 amide bonds. The van der Waals surface area contributed by atoms with Gasteiger partial charge in [0.2, 0.25) is 0 Å². The van der Waals surface area contributed by atoms with Crippen molar-refractivity contribution in [1.82, 2.24) is 0 Å². The van der Waals surface area contributed by atoms with Crippen molar-refractivity contribution in [2.45, 2.75) is 33.1 Å². The van der Waals surface area contributed by atoms with Gasteiger partial charge >= 0.3 is 0 Å². The molecule has 0 bridgehead atoms. The zero-order valence-corrected chi connectivity index (χ0v) is 7.99. The molecule has 0 spiro atoms. The second-order valence-corrected chi connectivity index (χ2v) is 4.20. The maximum absolute atomic E-state index is 10.9. The maximum Gasteiger partial charge on any atom is 0.267 e. The topological polar surface area (TPSA) is 43.4 Å². The summed E-state index contributed by atoms with van der Waals surface area (Å²) in [5.74, 6) is 0.156. The van der Waals surface area contributed by atoms with Gasteiger partial charge < -0.3 is 0 Å². The molecule has 3 nitrogen and oxygen atoms in total. The van der Waals surface area contributed by atoms with Gasteiger partial charge in [-0.05, 0) is 12.8 Å². The highest BCUT2D eigenvalue weighted by Gasteiger charge is 2.08. The summed E-state index contributed by atoms with van der Waals surface area (Å²) in [7, 11) is -3.21. The smallest absolute Gasteiger partial charge is 0.267 e. The summed E-state index contributed by atoms with van der Waals surface area (Å²) in [5, 5.41) is 0. The van der Waals surface area contributed by atoms with Crippen LogP contribution in [-0.4, -0.2) is 20.8 Å². The van der Waals surface area contributed by atoms with Crippen LogP contribution in [0.1, 0.15) is 33.1 Å². The standard InChI is InChI=1S/C7H16O3S/c1-3-5-7-11(8,9)10-6-4-2/h3-7H2,1-2H3. The van der Waals surface area contributed by atoms with Crippen LogP contribution < -0.4 is 0 Å². The molecule has 0 fully saturated rings. The van der Waals surface area contributed by atoms with E-state index >= 15 is 0 Å². The van der Waals surface area contributed by atoms with Gasteiger partial charge in [-0.3, -0.25) is 4.18 Å². The molecule has 0 aromatic carbocycles. The fourth-order valence-corrected chi connectivity index (χ4v) is 1.77. The van der Waals surface area contributed by atoms with Crippen molar-refractivity contribution in [3.8, 4) is 0 Å². The molecule has 0 saturated carbocycles. The number of unbranched alkanes of at least 4 members (excludes halogenated alkanes) is 1. The second-order valence-electron chi connectivity index (χ2n) is 2.44. The summed E-state index contributed by atoms with van der Waals surface area (Å²) in [4.78, 5) is 0. The minimum Gasteiger partial charge on any atom is -0.270 e. The van der Waals surface area contributed by atoms with E-state index < -0.39 is 10.1 Å². The van der Waals surface area contributed by atoms with Gasteiger partial charge in [0.25, 0.3) is 10.1 Å². The SMILES string of the molecule is CCCCS(=O)(=O)OCCC. The molecule has 68 valence electrons. The van der Waals surface area contributed by atoms with E-state index in [0.717, 1.165) is 12.8 Å². The van der Waals surface area contributed by atoms with Crippen LogP contribution >= 0.6 is 0 Å². The summed E-state index contributed by atoms with van der Waals surface area (Å²) < 4.78 is 26.5. The van der Waals surface area contributed by atoms with Crippen LogP contribution in [0.3, 0.4) is 0 Å². The Balaban J connectivity index is 3.63. The zero-order valence-electron chi connectivity index (χ0n) is 7.17. The van der Waals surface area contributed by atoms with E-state index in [0.29, 0.717) is 13.0 Å². The minimum absolute atomic E-state index is 0.156. The monoisotopic (exact) mass is 180 g/mol. The van der Waals surface area contributed by atoms with Gasteiger partial charge in [0.15, 0.2) is 0 Å². The first-order chi connectivity index (χ1) is 5.12. The average Bonchev–Trinajstić information content (AvgIpc) is 1.97. The van der Waals surface area contributed by atoms with E-state index in [9.17, 15) is 8.42 Å². The molecular weight excluding hydrogens is 164 g/mol. The Hall–Kier alpha value is -0.0900. The first-order valence-electron chi connectivity index (χ1n) is 3.99. The van der Waals surface area contributed by atoms with Crippen LogP contribution in [0.2, 0.25) is 0 Å². The molecule has 0 saturated heterocycles. The van der Waals surface area contributed by atoms with Gasteiger partial charge in [0.1, 0.15) is 0 Å². The Kier molecular flexibility index (Phi) is 5.50. The Morgan fingerprint density at radius 3 is 2.27 bits per heavy atom. The molecule has 4 heteroatoms. The summed E-state index contributed by atoms with van der Waals surface area (Å²) >= 11 is 0. The third-order valence-corrected chi connectivity index (χ3v) is 2.53. The molecule has 0 aromatic heterocycles. The van der Waals surface area contributed by atoms with Gasteiger partial charge in [-0.2, -0.15) is 8.42 Å². The number of rotatable bonds is 6. The molecule has 0 aliphatic heterocycles. The van der Waals surface area contributed by atoms with Crippen molar-refractivity contribution in [2.24, 2.45) is 0 Å². The molecule has 11 heavy (non-hydrogen) atoms. The van der Waals surface area contributed by atoms with Crippen molar-refractivity contribution in [2.75, 3.05) is 12.4 Å². The normalized spacial score (nSPS) is 11.8. The lowest BCUT2D eigenvalue weighted by atomic mass is 10.4. The highest BCUT2D eigenvalue weighted by atomic mass is 32.2. The van der Waals surface area contributed by atoms with E-state index in [1.54, 1.807) is 0 Å². The van der Waals surface area contributed by atoms with Crippen LogP contribution in [-0.2, 0) is 14.3 Å². The van der Waals surface area contributed by atoms with Gasteiger partial charge in [-0.25, -0.2) is 0 Å². The maximum atomic E-state index is 10.9. The predicted molar refractivity (Wildman–Crippen MR) is 44.9 cm³/mol. The predicted octanol–water partition coefficient (Wildman–Crippen LogP) is 1.54. The quantitative estimate of drug-likeness (QED) is 0.582. The average molecular weight is 180 g/mol. The summed E-state index contributed by atoms with van der Waals surface area (Å²) in [6.07, 6.45) is 2.31. The Morgan fingerprint density at radius 2 is 1.82 bits per heavy atom. The zero-order chi connectivity index (χ0) is 8.74. The molecule has 0 aliphatic rings. The van der Waals surface area contributed by atoms with Crippen LogP contribution in [0.15, 0.2) is 0 Å². The van der Waals surface area contributed by atoms with Crippen molar-refractivity contribution in [1.29, 1.82) is 0 Å². The lowest BCUT2D eigenvalue weighted by molar-refractivity contribution is 0.317. The first-order valence-corrected chi connectivity index (χ1v) is 5.57. The molecule has 0 unspecified atom stereocenters. The molecule has 0 N–H and O–H groups in total. The van der Waals surface area contributed by atoms with E-state index in [1.165, 1.54) is 0 Å². The third kappa shape index (κ3) is 6.31. The van der Waals surface area contributed by atoms with E-state index in [2.05, 4.69) is 4.18 Å². The van der Waals surface area contributed by atoms with Crippen LogP contribution in [0.4, 0.5) is 0 Å². The lowest BCUT2D eigenvalue weighted by Gasteiger charge is -2.01. The van der Waals surface area contributed by atoms with Crippen molar-refractivity contribution in [3.63, 3.8) is 0 Å². The second kappa shape index (κ2) is 5.55. The summed E-state index contributed by atoms with van der Waals surface area (Å²) in [6, 6.07) is 0. The number of hydrogen-bond donors (Lipinski definition) is 0. The molecular formula is C7H16O3S. The molecule has 0 heterocycles. The Morgan fingerprint density at radius 1 is 1.18 bits per heavy atom. The van der Waals surface area contributed by atoms with Crippen LogP contribution in [0, 0.1) is 0 Å². The van der Waals surface area contributed by atoms with Crippen LogP contribution in [0.25, 0.3) is 0 Å². The highest BCUT2D eigenvalue weighted by Crippen LogP contribution is 1.99. The van der Waals surface area contributed by atoms with Gasteiger partial charge in [-0.15, -0.1) is 0 Å². The van der Waals surface area contributed by atoms with E-state index in [-0.39, 0.29) is 5.75 Å². The highest BCUT2D eigenvalue weighted by molar-refractivity contribution is 7.86. The fraction of sp³-hybridized carbons (Fsp3) is 1.00. The summed E-state index contributed by atoms with van der Waals surface area (Å²) in [6.45, 7) is 4.15. The Labute approximate surface area is 68.9 Å². The van der Waals surface area contributed by atoms with Gasteiger partial charge in [-0.1, -0.05) is 20.3 Å². The molecule has 0 radical (unpaired) electrons. The first kappa shape index (κ1) is 10.9. The fourth-order valence-electron chi connectivity index (χ4n) is 0.590. The largest absolute Gasteiger partial charge is 0.270 e. The molecule has 0 aliphatic carbocycles. The van der Waals surface area contributed by atoms with Crippen molar-refractivity contribution in [3.05, 3.63) is 0 Å². The molecule has 0 rings (SSSR count). The van der Waals surface area contributed by atoms with Crippen molar-refractivity contribution >= 4 is 10.1 Å².